The lowest BCUT2D eigenvalue weighted by Crippen LogP contribution is -2.44. The van der Waals surface area contributed by atoms with Crippen LogP contribution in [0, 0.1) is 5.92 Å². The van der Waals surface area contributed by atoms with Gasteiger partial charge >= 0.3 is 6.16 Å². The van der Waals surface area contributed by atoms with Crippen LogP contribution in [0.2, 0.25) is 18.1 Å². The van der Waals surface area contributed by atoms with E-state index in [0.717, 1.165) is 6.29 Å². The van der Waals surface area contributed by atoms with Crippen LogP contribution in [0.25, 0.3) is 0 Å². The quantitative estimate of drug-likeness (QED) is 0.233. The van der Waals surface area contributed by atoms with Crippen LogP contribution >= 0.6 is 22.6 Å². The van der Waals surface area contributed by atoms with Crippen LogP contribution in [-0.4, -0.2) is 37.6 Å². The summed E-state index contributed by atoms with van der Waals surface area (Å²) < 4.78 is 15.5. The molecule has 0 spiro atoms. The van der Waals surface area contributed by atoms with E-state index in [0.29, 0.717) is 0 Å². The van der Waals surface area contributed by atoms with Gasteiger partial charge < -0.3 is 18.7 Å². The van der Waals surface area contributed by atoms with Gasteiger partial charge in [-0.15, -0.1) is 0 Å². The van der Waals surface area contributed by atoms with E-state index >= 15 is 0 Å². The Bertz CT molecular complexity index is 353. The molecule has 110 valence electrons. The maximum absolute atomic E-state index is 11.2. The molecular formula is C12H21IO5Si. The number of ether oxygens (including phenoxy) is 2. The van der Waals surface area contributed by atoms with Crippen molar-refractivity contribution in [2.45, 2.75) is 49.1 Å². The summed E-state index contributed by atoms with van der Waals surface area (Å²) in [5, 5.41) is 0.0764. The number of carbonyl (C=O) groups excluding carboxylic acids is 2. The highest BCUT2D eigenvalue weighted by atomic mass is 127. The largest absolute Gasteiger partial charge is 0.509 e. The molecule has 0 radical (unpaired) electrons. The molecule has 3 atom stereocenters. The highest BCUT2D eigenvalue weighted by Gasteiger charge is 2.43. The third-order valence-electron chi connectivity index (χ3n) is 3.74. The first-order valence-electron chi connectivity index (χ1n) is 6.19. The Morgan fingerprint density at radius 3 is 2.37 bits per heavy atom. The van der Waals surface area contributed by atoms with Crippen LogP contribution in [0.3, 0.4) is 0 Å². The first-order chi connectivity index (χ1) is 8.58. The topological polar surface area (TPSA) is 61.8 Å². The maximum Gasteiger partial charge on any atom is 0.509 e. The third kappa shape index (κ3) is 4.15. The molecule has 1 heterocycles. The molecule has 5 nitrogen and oxygen atoms in total. The van der Waals surface area contributed by atoms with Gasteiger partial charge in [-0.25, -0.2) is 4.79 Å². The first kappa shape index (κ1) is 16.9. The SMILES string of the molecule is CC(C)(C)[Si](C)(C)OC[C@@H](C=O)[C@H]1OC(=O)O[C@@H]1I. The molecule has 0 aromatic carbocycles. The van der Waals surface area contributed by atoms with Gasteiger partial charge in [0.05, 0.1) is 5.92 Å². The Labute approximate surface area is 128 Å². The molecule has 0 saturated carbocycles. The monoisotopic (exact) mass is 400 g/mol. The number of cyclic esters (lactones) is 2. The van der Waals surface area contributed by atoms with Crippen LogP contribution in [0.15, 0.2) is 0 Å². The number of rotatable bonds is 5. The molecular weight excluding hydrogens is 379 g/mol. The van der Waals surface area contributed by atoms with Gasteiger partial charge in [-0.3, -0.25) is 0 Å². The van der Waals surface area contributed by atoms with Crippen molar-refractivity contribution in [1.29, 1.82) is 0 Å². The lowest BCUT2D eigenvalue weighted by Gasteiger charge is -2.37. The lowest BCUT2D eigenvalue weighted by molar-refractivity contribution is -0.115. The van der Waals surface area contributed by atoms with E-state index in [-0.39, 0.29) is 11.6 Å². The van der Waals surface area contributed by atoms with Gasteiger partial charge in [-0.2, -0.15) is 0 Å². The van der Waals surface area contributed by atoms with Crippen LogP contribution in [-0.2, 0) is 18.7 Å². The van der Waals surface area contributed by atoms with Gasteiger partial charge in [0.25, 0.3) is 0 Å². The molecule has 0 amide bonds. The number of aldehydes is 1. The molecule has 0 aliphatic carbocycles. The average Bonchev–Trinajstić information content (AvgIpc) is 2.57. The van der Waals surface area contributed by atoms with Gasteiger partial charge in [0.2, 0.25) is 0 Å². The second kappa shape index (κ2) is 6.09. The normalized spacial score (nSPS) is 25.7. The Morgan fingerprint density at radius 2 is 2.00 bits per heavy atom. The molecule has 7 heteroatoms. The van der Waals surface area contributed by atoms with Crippen molar-refractivity contribution in [3.05, 3.63) is 0 Å². The van der Waals surface area contributed by atoms with E-state index in [2.05, 4.69) is 33.9 Å². The second-order valence-corrected chi connectivity index (χ2v) is 12.2. The number of hydrogen-bond donors (Lipinski definition) is 0. The van der Waals surface area contributed by atoms with Crippen molar-refractivity contribution >= 4 is 43.3 Å². The van der Waals surface area contributed by atoms with Gasteiger partial charge in [0.1, 0.15) is 6.29 Å². The summed E-state index contributed by atoms with van der Waals surface area (Å²) in [7, 11) is -1.92. The van der Waals surface area contributed by atoms with Gasteiger partial charge in [-0.1, -0.05) is 20.8 Å². The Balaban J connectivity index is 2.64. The molecule has 1 saturated heterocycles. The fourth-order valence-electron chi connectivity index (χ4n) is 1.37. The van der Waals surface area contributed by atoms with Crippen LogP contribution in [0.4, 0.5) is 4.79 Å². The van der Waals surface area contributed by atoms with Crippen LogP contribution < -0.4 is 0 Å². The van der Waals surface area contributed by atoms with E-state index in [1.807, 2.05) is 22.6 Å². The molecule has 1 aliphatic heterocycles. The van der Waals surface area contributed by atoms with Crippen molar-refractivity contribution in [2.75, 3.05) is 6.61 Å². The summed E-state index contributed by atoms with van der Waals surface area (Å²) in [5.74, 6) is -0.484. The highest BCUT2D eigenvalue weighted by molar-refractivity contribution is 14.1. The molecule has 0 N–H and O–H groups in total. The van der Waals surface area contributed by atoms with Crippen molar-refractivity contribution in [3.8, 4) is 0 Å². The van der Waals surface area contributed by atoms with Crippen LogP contribution in [0.5, 0.6) is 0 Å². The van der Waals surface area contributed by atoms with Crippen molar-refractivity contribution in [1.82, 2.24) is 0 Å². The first-order valence-corrected chi connectivity index (χ1v) is 10.3. The zero-order valence-electron chi connectivity index (χ0n) is 11.9. The number of hydrogen-bond acceptors (Lipinski definition) is 5. The molecule has 1 rings (SSSR count). The average molecular weight is 400 g/mol. The van der Waals surface area contributed by atoms with E-state index in [4.69, 9.17) is 13.9 Å². The predicted molar refractivity (Wildman–Crippen MR) is 81.9 cm³/mol. The fraction of sp³-hybridized carbons (Fsp3) is 0.833. The van der Waals surface area contributed by atoms with Gasteiger partial charge in [-0.05, 0) is 40.7 Å². The van der Waals surface area contributed by atoms with E-state index < -0.39 is 30.6 Å². The molecule has 0 bridgehead atoms. The Morgan fingerprint density at radius 1 is 1.42 bits per heavy atom. The minimum atomic E-state index is -1.92. The summed E-state index contributed by atoms with van der Waals surface area (Å²) in [4.78, 5) is 22.2. The maximum atomic E-state index is 11.2. The summed E-state index contributed by atoms with van der Waals surface area (Å²) in [6.07, 6.45) is -0.496. The van der Waals surface area contributed by atoms with Crippen molar-refractivity contribution in [2.24, 2.45) is 5.92 Å². The van der Waals surface area contributed by atoms with E-state index in [9.17, 15) is 9.59 Å². The summed E-state index contributed by atoms with van der Waals surface area (Å²) in [6.45, 7) is 10.9. The molecule has 19 heavy (non-hydrogen) atoms. The standard InChI is InChI=1S/C12H21IO5Si/c1-12(2,3)19(4,5)16-7-8(6-14)9-10(13)18-11(15)17-9/h6,8-10H,7H2,1-5H3/t8-,9-,10+/m1/s1. The molecule has 0 aromatic heterocycles. The number of alkyl halides is 1. The minimum absolute atomic E-state index is 0.0764. The molecule has 0 unspecified atom stereocenters. The summed E-state index contributed by atoms with van der Waals surface area (Å²) in [5.41, 5.74) is 0. The second-order valence-electron chi connectivity index (χ2n) is 6.17. The van der Waals surface area contributed by atoms with Crippen molar-refractivity contribution in [3.63, 3.8) is 0 Å². The lowest BCUT2D eigenvalue weighted by atomic mass is 10.1. The van der Waals surface area contributed by atoms with Crippen molar-refractivity contribution < 1.29 is 23.5 Å². The Kier molecular flexibility index (Phi) is 5.41. The molecule has 1 aliphatic rings. The predicted octanol–water partition coefficient (Wildman–Crippen LogP) is 3.12. The number of carbonyl (C=O) groups is 2. The molecule has 1 fully saturated rings. The molecule has 0 aromatic rings. The minimum Gasteiger partial charge on any atom is -0.425 e. The fourth-order valence-corrected chi connectivity index (χ4v) is 3.30. The van der Waals surface area contributed by atoms with E-state index in [1.54, 1.807) is 0 Å². The summed E-state index contributed by atoms with van der Waals surface area (Å²) >= 11 is 1.95. The number of halogens is 1. The Hall–Kier alpha value is -0.153. The zero-order valence-corrected chi connectivity index (χ0v) is 15.1. The van der Waals surface area contributed by atoms with E-state index in [1.165, 1.54) is 0 Å². The zero-order chi connectivity index (χ0) is 14.8. The smallest absolute Gasteiger partial charge is 0.425 e. The third-order valence-corrected chi connectivity index (χ3v) is 9.20. The van der Waals surface area contributed by atoms with Crippen LogP contribution in [0.1, 0.15) is 20.8 Å². The van der Waals surface area contributed by atoms with Gasteiger partial charge in [0.15, 0.2) is 18.5 Å². The summed E-state index contributed by atoms with van der Waals surface area (Å²) in [6, 6.07) is 0. The highest BCUT2D eigenvalue weighted by Crippen LogP contribution is 2.37. The van der Waals surface area contributed by atoms with Gasteiger partial charge in [0, 0.05) is 6.61 Å².